The molecule has 0 aliphatic heterocycles. The van der Waals surface area contributed by atoms with E-state index >= 15 is 0 Å². The third-order valence-electron chi connectivity index (χ3n) is 2.56. The molecule has 0 saturated heterocycles. The summed E-state index contributed by atoms with van der Waals surface area (Å²) in [6.45, 7) is 3.50. The molecular weight excluding hydrogens is 364 g/mol. The van der Waals surface area contributed by atoms with Crippen LogP contribution >= 0.6 is 22.6 Å². The highest BCUT2D eigenvalue weighted by Crippen LogP contribution is 2.19. The lowest BCUT2D eigenvalue weighted by molar-refractivity contribution is 0.151. The zero-order valence-electron chi connectivity index (χ0n) is 9.85. The number of nitrogens with zero attached hydrogens (tertiary/aromatic N) is 1. The summed E-state index contributed by atoms with van der Waals surface area (Å²) in [4.78, 5) is 11.7. The van der Waals surface area contributed by atoms with E-state index in [9.17, 15) is 14.3 Å². The molecule has 6 heteroatoms. The number of hydrogen-bond acceptors (Lipinski definition) is 3. The van der Waals surface area contributed by atoms with Gasteiger partial charge in [-0.15, -0.1) is 6.58 Å². The summed E-state index contributed by atoms with van der Waals surface area (Å²) in [7, 11) is 0. The maximum absolute atomic E-state index is 13.5. The van der Waals surface area contributed by atoms with Gasteiger partial charge in [-0.25, -0.2) is 13.8 Å². The van der Waals surface area contributed by atoms with E-state index in [4.69, 9.17) is 4.42 Å². The number of oxazole rings is 1. The number of aliphatic hydroxyl groups excluding tert-OH is 1. The summed E-state index contributed by atoms with van der Waals surface area (Å²) in [6.07, 6.45) is 2.22. The third kappa shape index (κ3) is 2.95. The highest BCUT2D eigenvalue weighted by atomic mass is 127. The standard InChI is InChI=1S/C13H11FINO3/c1-2-3-11(17)12-7-16(13(18)19-12)8-4-5-10(15)9(14)6-8/h2,4-7,11,17H,1,3H2/t11-/m1/s1. The Labute approximate surface area is 122 Å². The number of hydrogen-bond donors (Lipinski definition) is 1. The molecule has 2 rings (SSSR count). The molecule has 0 unspecified atom stereocenters. The molecule has 2 aromatic rings. The Morgan fingerprint density at radius 3 is 2.95 bits per heavy atom. The van der Waals surface area contributed by atoms with Crippen LogP contribution < -0.4 is 5.76 Å². The molecule has 19 heavy (non-hydrogen) atoms. The van der Waals surface area contributed by atoms with Crippen LogP contribution in [0.1, 0.15) is 18.3 Å². The minimum absolute atomic E-state index is 0.129. The molecular formula is C13H11FINO3. The Kier molecular flexibility index (Phi) is 4.20. The van der Waals surface area contributed by atoms with Gasteiger partial charge in [-0.05, 0) is 47.2 Å². The van der Waals surface area contributed by atoms with E-state index in [2.05, 4.69) is 6.58 Å². The number of aliphatic hydroxyl groups is 1. The van der Waals surface area contributed by atoms with Crippen LogP contribution in [0.3, 0.4) is 0 Å². The second-order valence-electron chi connectivity index (χ2n) is 3.91. The Bertz CT molecular complexity index is 662. The van der Waals surface area contributed by atoms with E-state index in [1.54, 1.807) is 12.1 Å². The van der Waals surface area contributed by atoms with E-state index in [1.165, 1.54) is 18.3 Å². The van der Waals surface area contributed by atoms with Crippen LogP contribution in [-0.2, 0) is 0 Å². The number of aromatic nitrogens is 1. The molecule has 1 atom stereocenters. The summed E-state index contributed by atoms with van der Waals surface area (Å²) < 4.78 is 20.0. The molecule has 0 aliphatic rings. The van der Waals surface area contributed by atoms with Crippen molar-refractivity contribution in [2.24, 2.45) is 0 Å². The molecule has 1 heterocycles. The molecule has 1 aromatic carbocycles. The van der Waals surface area contributed by atoms with Crippen LogP contribution in [0.4, 0.5) is 4.39 Å². The van der Waals surface area contributed by atoms with Crippen molar-refractivity contribution in [3.63, 3.8) is 0 Å². The smallest absolute Gasteiger partial charge is 0.410 e. The minimum atomic E-state index is -0.930. The van der Waals surface area contributed by atoms with Crippen LogP contribution in [0, 0.1) is 9.39 Å². The highest BCUT2D eigenvalue weighted by Gasteiger charge is 2.15. The zero-order valence-corrected chi connectivity index (χ0v) is 12.0. The fourth-order valence-corrected chi connectivity index (χ4v) is 1.93. The van der Waals surface area contributed by atoms with Gasteiger partial charge in [-0.1, -0.05) is 6.08 Å². The van der Waals surface area contributed by atoms with Crippen molar-refractivity contribution in [3.8, 4) is 5.69 Å². The maximum atomic E-state index is 13.5. The fraction of sp³-hybridized carbons (Fsp3) is 0.154. The van der Waals surface area contributed by atoms with Gasteiger partial charge in [-0.2, -0.15) is 0 Å². The van der Waals surface area contributed by atoms with E-state index in [0.717, 1.165) is 4.57 Å². The summed E-state index contributed by atoms with van der Waals surface area (Å²) in [5, 5.41) is 9.71. The Morgan fingerprint density at radius 1 is 1.58 bits per heavy atom. The zero-order chi connectivity index (χ0) is 14.0. The molecule has 0 saturated carbocycles. The van der Waals surface area contributed by atoms with Crippen molar-refractivity contribution >= 4 is 22.6 Å². The number of benzene rings is 1. The molecule has 0 fully saturated rings. The van der Waals surface area contributed by atoms with Crippen molar-refractivity contribution in [1.82, 2.24) is 4.57 Å². The van der Waals surface area contributed by atoms with Gasteiger partial charge in [0.15, 0.2) is 5.76 Å². The molecule has 0 bridgehead atoms. The van der Waals surface area contributed by atoms with E-state index in [-0.39, 0.29) is 12.2 Å². The molecule has 0 spiro atoms. The first-order chi connectivity index (χ1) is 9.02. The Balaban J connectivity index is 2.42. The normalized spacial score (nSPS) is 12.4. The first kappa shape index (κ1) is 14.0. The number of halogens is 2. The molecule has 1 aromatic heterocycles. The monoisotopic (exact) mass is 375 g/mol. The second kappa shape index (κ2) is 5.70. The third-order valence-corrected chi connectivity index (χ3v) is 3.43. The predicted molar refractivity (Wildman–Crippen MR) is 76.8 cm³/mol. The SMILES string of the molecule is C=CC[C@@H](O)c1cn(-c2ccc(I)c(F)c2)c(=O)o1. The average Bonchev–Trinajstić information content (AvgIpc) is 2.75. The van der Waals surface area contributed by atoms with Gasteiger partial charge in [0.25, 0.3) is 0 Å². The molecule has 0 radical (unpaired) electrons. The number of rotatable bonds is 4. The summed E-state index contributed by atoms with van der Waals surface area (Å²) in [6, 6.07) is 4.40. The highest BCUT2D eigenvalue weighted by molar-refractivity contribution is 14.1. The van der Waals surface area contributed by atoms with Crippen molar-refractivity contribution in [2.45, 2.75) is 12.5 Å². The quantitative estimate of drug-likeness (QED) is 0.661. The fourth-order valence-electron chi connectivity index (χ4n) is 1.60. The topological polar surface area (TPSA) is 55.4 Å². The van der Waals surface area contributed by atoms with Crippen molar-refractivity contribution < 1.29 is 13.9 Å². The summed E-state index contributed by atoms with van der Waals surface area (Å²) in [5.41, 5.74) is 0.351. The average molecular weight is 375 g/mol. The van der Waals surface area contributed by atoms with E-state index < -0.39 is 17.7 Å². The molecule has 4 nitrogen and oxygen atoms in total. The first-order valence-electron chi connectivity index (χ1n) is 5.49. The second-order valence-corrected chi connectivity index (χ2v) is 5.07. The van der Waals surface area contributed by atoms with Gasteiger partial charge in [-0.3, -0.25) is 0 Å². The molecule has 1 N–H and O–H groups in total. The van der Waals surface area contributed by atoms with Crippen LogP contribution in [0.5, 0.6) is 0 Å². The molecule has 100 valence electrons. The van der Waals surface area contributed by atoms with Gasteiger partial charge < -0.3 is 9.52 Å². The van der Waals surface area contributed by atoms with Crippen molar-refractivity contribution in [1.29, 1.82) is 0 Å². The van der Waals surface area contributed by atoms with Gasteiger partial charge in [0.1, 0.15) is 11.9 Å². The van der Waals surface area contributed by atoms with Gasteiger partial charge in [0, 0.05) is 3.57 Å². The largest absolute Gasteiger partial charge is 0.423 e. The maximum Gasteiger partial charge on any atom is 0.423 e. The lowest BCUT2D eigenvalue weighted by Gasteiger charge is -2.02. The predicted octanol–water partition coefficient (Wildman–Crippen LogP) is 2.78. The Morgan fingerprint density at radius 2 is 2.32 bits per heavy atom. The van der Waals surface area contributed by atoms with Crippen LogP contribution in [0.25, 0.3) is 5.69 Å². The first-order valence-corrected chi connectivity index (χ1v) is 6.57. The van der Waals surface area contributed by atoms with Gasteiger partial charge >= 0.3 is 5.76 Å². The molecule has 0 aliphatic carbocycles. The summed E-state index contributed by atoms with van der Waals surface area (Å²) >= 11 is 1.86. The van der Waals surface area contributed by atoms with Gasteiger partial charge in [0.05, 0.1) is 11.9 Å². The van der Waals surface area contributed by atoms with Crippen molar-refractivity contribution in [3.05, 3.63) is 62.7 Å². The Hall–Kier alpha value is -1.41. The lowest BCUT2D eigenvalue weighted by atomic mass is 10.2. The van der Waals surface area contributed by atoms with Crippen LogP contribution in [-0.4, -0.2) is 9.67 Å². The summed E-state index contributed by atoms with van der Waals surface area (Å²) in [5.74, 6) is -0.957. The van der Waals surface area contributed by atoms with Crippen molar-refractivity contribution in [2.75, 3.05) is 0 Å². The lowest BCUT2D eigenvalue weighted by Crippen LogP contribution is -2.11. The van der Waals surface area contributed by atoms with Gasteiger partial charge in [0.2, 0.25) is 0 Å². The molecule has 0 amide bonds. The van der Waals surface area contributed by atoms with Crippen LogP contribution in [0.2, 0.25) is 0 Å². The van der Waals surface area contributed by atoms with E-state index in [1.807, 2.05) is 22.6 Å². The minimum Gasteiger partial charge on any atom is -0.410 e. The van der Waals surface area contributed by atoms with Crippen LogP contribution in [0.15, 0.2) is 46.3 Å². The van der Waals surface area contributed by atoms with E-state index in [0.29, 0.717) is 9.26 Å².